The molecule has 0 spiro atoms. The Morgan fingerprint density at radius 1 is 1.19 bits per heavy atom. The first-order valence-electron chi connectivity index (χ1n) is 7.16. The number of nitrogens with zero attached hydrogens (tertiary/aromatic N) is 2. The number of anilines is 1. The van der Waals surface area contributed by atoms with Gasteiger partial charge in [-0.15, -0.1) is 0 Å². The van der Waals surface area contributed by atoms with Crippen LogP contribution in [0.15, 0.2) is 42.5 Å². The van der Waals surface area contributed by atoms with E-state index in [1.165, 1.54) is 12.1 Å². The lowest BCUT2D eigenvalue weighted by molar-refractivity contribution is 0.629. The van der Waals surface area contributed by atoms with E-state index in [4.69, 9.17) is 5.73 Å². The Balaban J connectivity index is 2.06. The number of fused-ring (bicyclic) bond motifs is 1. The van der Waals surface area contributed by atoms with Crippen molar-refractivity contribution in [1.29, 1.82) is 0 Å². The second-order valence-electron chi connectivity index (χ2n) is 5.23. The second-order valence-corrected chi connectivity index (χ2v) is 5.23. The number of nitrogens with two attached hydrogens (primary N) is 1. The highest BCUT2D eigenvalue weighted by molar-refractivity contribution is 5.76. The molecule has 0 bridgehead atoms. The zero-order chi connectivity index (χ0) is 14.8. The highest BCUT2D eigenvalue weighted by Gasteiger charge is 2.11. The quantitative estimate of drug-likeness (QED) is 0.741. The van der Waals surface area contributed by atoms with Crippen molar-refractivity contribution in [3.05, 3.63) is 59.7 Å². The minimum Gasteiger partial charge on any atom is -0.399 e. The van der Waals surface area contributed by atoms with Crippen LogP contribution in [0.5, 0.6) is 0 Å². The van der Waals surface area contributed by atoms with Crippen molar-refractivity contribution in [1.82, 2.24) is 9.55 Å². The smallest absolute Gasteiger partial charge is 0.125 e. The predicted octanol–water partition coefficient (Wildman–Crippen LogP) is 3.76. The zero-order valence-corrected chi connectivity index (χ0v) is 12.0. The van der Waals surface area contributed by atoms with Crippen LogP contribution in [0.3, 0.4) is 0 Å². The van der Waals surface area contributed by atoms with Crippen molar-refractivity contribution in [2.75, 3.05) is 5.73 Å². The molecule has 1 heterocycles. The van der Waals surface area contributed by atoms with Crippen LogP contribution in [-0.4, -0.2) is 9.55 Å². The van der Waals surface area contributed by atoms with Crippen LogP contribution in [0, 0.1) is 5.82 Å². The molecule has 4 heteroatoms. The Morgan fingerprint density at radius 3 is 2.81 bits per heavy atom. The maximum atomic E-state index is 13.4. The van der Waals surface area contributed by atoms with Gasteiger partial charge in [0, 0.05) is 24.7 Å². The molecular formula is C17H18FN3. The number of hydrogen-bond donors (Lipinski definition) is 1. The van der Waals surface area contributed by atoms with Crippen molar-refractivity contribution < 1.29 is 4.39 Å². The average Bonchev–Trinajstić information content (AvgIpc) is 2.76. The number of rotatable bonds is 4. The largest absolute Gasteiger partial charge is 0.399 e. The predicted molar refractivity (Wildman–Crippen MR) is 83.6 cm³/mol. The van der Waals surface area contributed by atoms with Crippen LogP contribution < -0.4 is 5.73 Å². The average molecular weight is 283 g/mol. The second kappa shape index (κ2) is 5.56. The van der Waals surface area contributed by atoms with Gasteiger partial charge in [-0.25, -0.2) is 9.37 Å². The van der Waals surface area contributed by atoms with E-state index in [1.807, 2.05) is 24.3 Å². The van der Waals surface area contributed by atoms with E-state index >= 15 is 0 Å². The lowest BCUT2D eigenvalue weighted by Crippen LogP contribution is -2.04. The third-order valence-electron chi connectivity index (χ3n) is 3.55. The summed E-state index contributed by atoms with van der Waals surface area (Å²) in [5.41, 5.74) is 9.38. The van der Waals surface area contributed by atoms with Crippen LogP contribution in [-0.2, 0) is 13.0 Å². The molecule has 0 unspecified atom stereocenters. The van der Waals surface area contributed by atoms with E-state index in [2.05, 4.69) is 16.5 Å². The van der Waals surface area contributed by atoms with Gasteiger partial charge in [-0.2, -0.15) is 0 Å². The molecule has 0 fully saturated rings. The van der Waals surface area contributed by atoms with Crippen molar-refractivity contribution >= 4 is 16.7 Å². The fourth-order valence-electron chi connectivity index (χ4n) is 2.65. The van der Waals surface area contributed by atoms with Gasteiger partial charge < -0.3 is 10.3 Å². The number of halogens is 1. The van der Waals surface area contributed by atoms with Crippen molar-refractivity contribution in [3.63, 3.8) is 0 Å². The van der Waals surface area contributed by atoms with Gasteiger partial charge in [-0.1, -0.05) is 19.1 Å². The molecule has 3 rings (SSSR count). The number of aryl methyl sites for hydroxylation is 1. The summed E-state index contributed by atoms with van der Waals surface area (Å²) in [6.45, 7) is 3.00. The molecule has 21 heavy (non-hydrogen) atoms. The molecule has 0 saturated heterocycles. The molecule has 0 saturated carbocycles. The number of hydrogen-bond acceptors (Lipinski definition) is 2. The van der Waals surface area contributed by atoms with Crippen LogP contribution in [0.25, 0.3) is 11.0 Å². The molecule has 0 aliphatic carbocycles. The summed E-state index contributed by atoms with van der Waals surface area (Å²) >= 11 is 0. The first kappa shape index (κ1) is 13.6. The van der Waals surface area contributed by atoms with Crippen LogP contribution in [0.4, 0.5) is 10.1 Å². The summed E-state index contributed by atoms with van der Waals surface area (Å²) in [6, 6.07) is 12.6. The maximum absolute atomic E-state index is 13.4. The van der Waals surface area contributed by atoms with Crippen LogP contribution in [0.2, 0.25) is 0 Å². The van der Waals surface area contributed by atoms with E-state index in [0.717, 1.165) is 35.6 Å². The molecule has 0 radical (unpaired) electrons. The van der Waals surface area contributed by atoms with Gasteiger partial charge in [0.1, 0.15) is 11.6 Å². The molecule has 2 N–H and O–H groups in total. The van der Waals surface area contributed by atoms with Crippen molar-refractivity contribution in [2.24, 2.45) is 0 Å². The summed E-state index contributed by atoms with van der Waals surface area (Å²) in [6.07, 6.45) is 1.70. The lowest BCUT2D eigenvalue weighted by atomic mass is 10.1. The van der Waals surface area contributed by atoms with Crippen LogP contribution in [0.1, 0.15) is 24.7 Å². The molecule has 0 aliphatic heterocycles. The number of imidazole rings is 1. The maximum Gasteiger partial charge on any atom is 0.125 e. The normalized spacial score (nSPS) is 11.1. The Morgan fingerprint density at radius 2 is 2.05 bits per heavy atom. The number of benzene rings is 2. The summed E-state index contributed by atoms with van der Waals surface area (Å²) in [7, 11) is 0. The van der Waals surface area contributed by atoms with E-state index in [9.17, 15) is 4.39 Å². The van der Waals surface area contributed by atoms with E-state index in [1.54, 1.807) is 6.07 Å². The molecule has 3 aromatic rings. The SMILES string of the molecule is CCCn1c(Cc2cccc(N)c2)nc2cc(F)ccc21. The van der Waals surface area contributed by atoms with E-state index in [0.29, 0.717) is 11.9 Å². The highest BCUT2D eigenvalue weighted by atomic mass is 19.1. The molecule has 108 valence electrons. The first-order valence-corrected chi connectivity index (χ1v) is 7.16. The third-order valence-corrected chi connectivity index (χ3v) is 3.55. The minimum absolute atomic E-state index is 0.251. The Hall–Kier alpha value is -2.36. The topological polar surface area (TPSA) is 43.8 Å². The van der Waals surface area contributed by atoms with Gasteiger partial charge in [-0.05, 0) is 36.2 Å². The van der Waals surface area contributed by atoms with E-state index < -0.39 is 0 Å². The Bertz CT molecular complexity index is 777. The van der Waals surface area contributed by atoms with Crippen molar-refractivity contribution in [3.8, 4) is 0 Å². The number of nitrogen functional groups attached to an aromatic ring is 1. The summed E-state index contributed by atoms with van der Waals surface area (Å²) < 4.78 is 15.5. The van der Waals surface area contributed by atoms with Gasteiger partial charge in [0.2, 0.25) is 0 Å². The Kier molecular flexibility index (Phi) is 3.60. The fraction of sp³-hybridized carbons (Fsp3) is 0.235. The zero-order valence-electron chi connectivity index (χ0n) is 12.0. The highest BCUT2D eigenvalue weighted by Crippen LogP contribution is 2.21. The molecule has 2 aromatic carbocycles. The molecule has 3 nitrogen and oxygen atoms in total. The van der Waals surface area contributed by atoms with Crippen molar-refractivity contribution in [2.45, 2.75) is 26.3 Å². The Labute approximate surface area is 123 Å². The lowest BCUT2D eigenvalue weighted by Gasteiger charge is -2.08. The third kappa shape index (κ3) is 2.75. The monoisotopic (exact) mass is 283 g/mol. The molecule has 0 atom stereocenters. The molecule has 1 aromatic heterocycles. The van der Waals surface area contributed by atoms with Gasteiger partial charge in [0.15, 0.2) is 0 Å². The van der Waals surface area contributed by atoms with Gasteiger partial charge in [0.25, 0.3) is 0 Å². The standard InChI is InChI=1S/C17H18FN3/c1-2-8-21-16-7-6-13(18)11-15(16)20-17(21)10-12-4-3-5-14(19)9-12/h3-7,9,11H,2,8,10,19H2,1H3. The van der Waals surface area contributed by atoms with Gasteiger partial charge in [0.05, 0.1) is 11.0 Å². The van der Waals surface area contributed by atoms with Gasteiger partial charge >= 0.3 is 0 Å². The van der Waals surface area contributed by atoms with E-state index in [-0.39, 0.29) is 5.82 Å². The minimum atomic E-state index is -0.251. The van der Waals surface area contributed by atoms with Gasteiger partial charge in [-0.3, -0.25) is 0 Å². The van der Waals surface area contributed by atoms with Crippen LogP contribution >= 0.6 is 0 Å². The summed E-state index contributed by atoms with van der Waals surface area (Å²) in [5, 5.41) is 0. The fourth-order valence-corrected chi connectivity index (χ4v) is 2.65. The number of aromatic nitrogens is 2. The first-order chi connectivity index (χ1) is 10.2. The molecule has 0 aliphatic rings. The summed E-state index contributed by atoms with van der Waals surface area (Å²) in [5.74, 6) is 0.696. The summed E-state index contributed by atoms with van der Waals surface area (Å²) in [4.78, 5) is 4.60. The molecule has 0 amide bonds. The molecular weight excluding hydrogens is 265 g/mol.